The molecule has 0 atom stereocenters. The van der Waals surface area contributed by atoms with Crippen LogP contribution in [-0.2, 0) is 0 Å². The number of nitrogens with two attached hydrogens (primary N) is 2. The molecule has 7 heteroatoms. The fraction of sp³-hybridized carbons (Fsp3) is 0. The first kappa shape index (κ1) is 7.47. The van der Waals surface area contributed by atoms with E-state index in [0.29, 0.717) is 0 Å². The molecule has 0 aromatic rings. The van der Waals surface area contributed by atoms with Crippen molar-refractivity contribution in [1.29, 1.82) is 0 Å². The first-order valence-electron chi connectivity index (χ1n) is 3.44. The van der Waals surface area contributed by atoms with Crippen molar-refractivity contribution in [2.24, 2.45) is 0 Å². The third-order valence-electron chi connectivity index (χ3n) is 1.53. The average molecular weight is 178 g/mol. The quantitative estimate of drug-likeness (QED) is 0.471. The lowest BCUT2D eigenvalue weighted by atomic mass is 10.4. The van der Waals surface area contributed by atoms with Gasteiger partial charge in [-0.15, -0.1) is 0 Å². The molecule has 7 nitrogen and oxygen atoms in total. The van der Waals surface area contributed by atoms with Gasteiger partial charge < -0.3 is 11.6 Å². The van der Waals surface area contributed by atoms with Gasteiger partial charge in [-0.3, -0.25) is 4.79 Å². The van der Waals surface area contributed by atoms with Gasteiger partial charge in [0.1, 0.15) is 0 Å². The highest BCUT2D eigenvalue weighted by Crippen LogP contribution is 2.08. The summed E-state index contributed by atoms with van der Waals surface area (Å²) < 4.78 is 1.17. The van der Waals surface area contributed by atoms with E-state index in [2.05, 4.69) is 15.0 Å². The monoisotopic (exact) mass is 178 g/mol. The Labute approximate surface area is 72.4 Å². The lowest BCUT2D eigenvalue weighted by Gasteiger charge is -2.06. The zero-order valence-corrected chi connectivity index (χ0v) is 6.51. The Balaban J connectivity index is 2.92. The van der Waals surface area contributed by atoms with Gasteiger partial charge in [-0.2, -0.15) is 9.97 Å². The molecule has 0 aliphatic carbocycles. The van der Waals surface area contributed by atoms with Crippen molar-refractivity contribution in [2.45, 2.75) is 0 Å². The molecule has 0 aromatic heterocycles. The maximum atomic E-state index is 11.2. The van der Waals surface area contributed by atoms with E-state index < -0.39 is 5.56 Å². The number of aromatic nitrogens is 4. The van der Waals surface area contributed by atoms with Crippen LogP contribution in [0.4, 0.5) is 5.95 Å². The van der Waals surface area contributed by atoms with Crippen molar-refractivity contribution in [3.63, 3.8) is 0 Å². The van der Waals surface area contributed by atoms with Crippen LogP contribution < -0.4 is 17.1 Å². The van der Waals surface area contributed by atoms with E-state index in [1.54, 1.807) is 0 Å². The minimum absolute atomic E-state index is 0.107. The van der Waals surface area contributed by atoms with Gasteiger partial charge in [0, 0.05) is 12.4 Å². The molecule has 0 amide bonds. The predicted molar refractivity (Wildman–Crippen MR) is 45.3 cm³/mol. The Morgan fingerprint density at radius 2 is 2.15 bits per heavy atom. The molecule has 4 N–H and O–H groups in total. The van der Waals surface area contributed by atoms with E-state index in [-0.39, 0.29) is 17.5 Å². The molecule has 13 heavy (non-hydrogen) atoms. The van der Waals surface area contributed by atoms with Gasteiger partial charge in [0.05, 0.1) is 0 Å². The second kappa shape index (κ2) is 2.41. The zero-order chi connectivity index (χ0) is 9.42. The average Bonchev–Trinajstić information content (AvgIpc) is 2.07. The van der Waals surface area contributed by atoms with Crippen molar-refractivity contribution >= 4 is 5.95 Å². The van der Waals surface area contributed by atoms with E-state index in [9.17, 15) is 4.79 Å². The lowest BCUT2D eigenvalue weighted by molar-refractivity contribution is 0.904. The van der Waals surface area contributed by atoms with Crippen LogP contribution in [0, 0.1) is 0 Å². The van der Waals surface area contributed by atoms with Crippen molar-refractivity contribution in [3.05, 3.63) is 22.7 Å². The molecule has 0 saturated carbocycles. The van der Waals surface area contributed by atoms with E-state index in [4.69, 9.17) is 11.6 Å². The number of rotatable bonds is 0. The molecule has 2 rings (SSSR count). The largest absolute Gasteiger partial charge is 0.368 e. The summed E-state index contributed by atoms with van der Waals surface area (Å²) in [5.74, 6) is 5.60. The van der Waals surface area contributed by atoms with Gasteiger partial charge in [-0.05, 0) is 0 Å². The molecule has 2 aliphatic heterocycles. The number of fused-ring (bicyclic) bond motifs is 1. The van der Waals surface area contributed by atoms with E-state index in [0.717, 1.165) is 0 Å². The van der Waals surface area contributed by atoms with Crippen LogP contribution in [0.15, 0.2) is 17.2 Å². The first-order valence-corrected chi connectivity index (χ1v) is 3.44. The van der Waals surface area contributed by atoms with Gasteiger partial charge in [0.15, 0.2) is 11.5 Å². The molecule has 0 radical (unpaired) electrons. The van der Waals surface area contributed by atoms with E-state index in [1.807, 2.05) is 0 Å². The van der Waals surface area contributed by atoms with Crippen LogP contribution in [0.5, 0.6) is 0 Å². The molecular formula is C6H6N6O. The fourth-order valence-corrected chi connectivity index (χ4v) is 0.982. The Morgan fingerprint density at radius 3 is 2.92 bits per heavy atom. The summed E-state index contributed by atoms with van der Waals surface area (Å²) in [7, 11) is 0. The molecule has 0 aromatic carbocycles. The summed E-state index contributed by atoms with van der Waals surface area (Å²) in [5.41, 5.74) is 4.86. The maximum Gasteiger partial charge on any atom is 0.302 e. The number of nitrogen functional groups attached to an aromatic ring is 2. The first-order chi connectivity index (χ1) is 6.18. The molecular weight excluding hydrogens is 172 g/mol. The number of hydrogen-bond donors (Lipinski definition) is 2. The van der Waals surface area contributed by atoms with Crippen molar-refractivity contribution in [3.8, 4) is 11.5 Å². The summed E-state index contributed by atoms with van der Waals surface area (Å²) in [6.45, 7) is 0. The normalized spacial score (nSPS) is 10.5. The van der Waals surface area contributed by atoms with Crippen LogP contribution in [0.3, 0.4) is 0 Å². The van der Waals surface area contributed by atoms with Crippen molar-refractivity contribution in [2.75, 3.05) is 11.6 Å². The molecule has 0 unspecified atom stereocenters. The standard InChI is InChI=1S/C6H6N6O/c7-6-10-4-3(5(13)11-6)9-1-2-12(4)8/h1-2H,8H2,(H2,7,11,13). The minimum atomic E-state index is -0.526. The molecule has 66 valence electrons. The number of nitrogens with zero attached hydrogens (tertiary/aromatic N) is 4. The zero-order valence-electron chi connectivity index (χ0n) is 6.51. The summed E-state index contributed by atoms with van der Waals surface area (Å²) >= 11 is 0. The second-order valence-electron chi connectivity index (χ2n) is 2.39. The van der Waals surface area contributed by atoms with Crippen LogP contribution in [0.1, 0.15) is 0 Å². The van der Waals surface area contributed by atoms with E-state index in [1.165, 1.54) is 17.1 Å². The van der Waals surface area contributed by atoms with Crippen LogP contribution >= 0.6 is 0 Å². The summed E-state index contributed by atoms with van der Waals surface area (Å²) in [4.78, 5) is 22.2. The topological polar surface area (TPSA) is 113 Å². The van der Waals surface area contributed by atoms with Gasteiger partial charge in [0.2, 0.25) is 5.95 Å². The van der Waals surface area contributed by atoms with Crippen LogP contribution in [0.2, 0.25) is 0 Å². The Bertz CT molecular complexity index is 477. The SMILES string of the molecule is Nc1nc2n(N)ccnc-2c(=O)n1. The highest BCUT2D eigenvalue weighted by Gasteiger charge is 2.13. The lowest BCUT2D eigenvalue weighted by Crippen LogP contribution is -2.23. The van der Waals surface area contributed by atoms with Gasteiger partial charge in [0.25, 0.3) is 0 Å². The summed E-state index contributed by atoms with van der Waals surface area (Å²) in [6.07, 6.45) is 2.86. The highest BCUT2D eigenvalue weighted by molar-refractivity contribution is 5.50. The predicted octanol–water partition coefficient (Wildman–Crippen LogP) is -1.57. The van der Waals surface area contributed by atoms with Gasteiger partial charge >= 0.3 is 5.56 Å². The Hall–Kier alpha value is -2.18. The smallest absolute Gasteiger partial charge is 0.302 e. The Kier molecular flexibility index (Phi) is 1.38. The molecule has 0 bridgehead atoms. The molecule has 0 saturated heterocycles. The van der Waals surface area contributed by atoms with E-state index >= 15 is 0 Å². The molecule has 2 heterocycles. The summed E-state index contributed by atoms with van der Waals surface area (Å²) in [6, 6.07) is 0. The third-order valence-corrected chi connectivity index (χ3v) is 1.53. The van der Waals surface area contributed by atoms with Crippen LogP contribution in [0.25, 0.3) is 11.5 Å². The summed E-state index contributed by atoms with van der Waals surface area (Å²) in [5, 5.41) is 0. The van der Waals surface area contributed by atoms with Crippen molar-refractivity contribution < 1.29 is 0 Å². The highest BCUT2D eigenvalue weighted by atomic mass is 16.1. The van der Waals surface area contributed by atoms with Crippen molar-refractivity contribution in [1.82, 2.24) is 19.6 Å². The van der Waals surface area contributed by atoms with Gasteiger partial charge in [-0.25, -0.2) is 9.66 Å². The van der Waals surface area contributed by atoms with Gasteiger partial charge in [-0.1, -0.05) is 0 Å². The minimum Gasteiger partial charge on any atom is -0.368 e. The second-order valence-corrected chi connectivity index (χ2v) is 2.39. The number of hydrogen-bond acceptors (Lipinski definition) is 6. The number of anilines is 1. The maximum absolute atomic E-state index is 11.2. The van der Waals surface area contributed by atoms with Crippen LogP contribution in [-0.4, -0.2) is 19.6 Å². The molecule has 2 aliphatic rings. The fourth-order valence-electron chi connectivity index (χ4n) is 0.982. The Morgan fingerprint density at radius 1 is 1.38 bits per heavy atom. The molecule has 0 fully saturated rings. The third kappa shape index (κ3) is 1.06. The molecule has 0 spiro atoms.